The van der Waals surface area contributed by atoms with Crippen molar-refractivity contribution in [3.8, 4) is 0 Å². The van der Waals surface area contributed by atoms with E-state index in [-0.39, 0.29) is 77.1 Å². The van der Waals surface area contributed by atoms with Crippen molar-refractivity contribution in [2.24, 2.45) is 23.7 Å². The summed E-state index contributed by atoms with van der Waals surface area (Å²) in [5, 5.41) is 17.1. The molecule has 11 unspecified atom stereocenters. The average molecular weight is 1180 g/mol. The number of anilines is 3. The first-order valence-corrected chi connectivity index (χ1v) is 26.5. The number of rotatable bonds is 11. The van der Waals surface area contributed by atoms with Crippen LogP contribution in [0.2, 0.25) is 0 Å². The number of thiocarbonyl (C=S) groups is 3. The third-order valence-electron chi connectivity index (χ3n) is 11.2. The van der Waals surface area contributed by atoms with Gasteiger partial charge in [-0.3, -0.25) is 13.7 Å². The molecule has 0 saturated carbocycles. The van der Waals surface area contributed by atoms with Crippen LogP contribution in [0.1, 0.15) is 123 Å². The van der Waals surface area contributed by atoms with Gasteiger partial charge >= 0.3 is 0 Å². The summed E-state index contributed by atoms with van der Waals surface area (Å²) in [5.74, 6) is 11.6. The summed E-state index contributed by atoms with van der Waals surface area (Å²) in [6, 6.07) is 0. The molecule has 0 spiro atoms. The molecule has 27 heteroatoms. The van der Waals surface area contributed by atoms with Crippen molar-refractivity contribution >= 4 is 105 Å². The van der Waals surface area contributed by atoms with Gasteiger partial charge in [0.15, 0.2) is 40.6 Å². The third-order valence-corrected chi connectivity index (χ3v) is 11.2. The third kappa shape index (κ3) is 21.4. The average Bonchev–Trinajstić information content (AvgIpc) is 4.29. The predicted octanol–water partition coefficient (Wildman–Crippen LogP) is 8.75. The van der Waals surface area contributed by atoms with Gasteiger partial charge in [-0.2, -0.15) is 0 Å². The van der Waals surface area contributed by atoms with Crippen molar-refractivity contribution in [2.75, 3.05) is 66.0 Å². The maximum atomic E-state index is 10.1. The van der Waals surface area contributed by atoms with Crippen LogP contribution in [0.15, 0.2) is 38.0 Å². The first kappa shape index (κ1) is 79.2. The molecule has 6 aromatic heterocycles. The van der Waals surface area contributed by atoms with Crippen molar-refractivity contribution in [3.05, 3.63) is 38.0 Å². The van der Waals surface area contributed by atoms with Crippen molar-refractivity contribution in [3.63, 3.8) is 0 Å². The van der Waals surface area contributed by atoms with Crippen LogP contribution in [0, 0.1) is 23.7 Å². The van der Waals surface area contributed by atoms with E-state index >= 15 is 0 Å². The first-order chi connectivity index (χ1) is 37.0. The number of ether oxygens (including phenoxy) is 7. The number of aliphatic hydroxyl groups is 2. The van der Waals surface area contributed by atoms with Crippen LogP contribution in [-0.4, -0.2) is 172 Å². The lowest BCUT2D eigenvalue weighted by molar-refractivity contribution is -0.0600. The minimum atomic E-state index is -0.631. The molecule has 0 amide bonds. The Morgan fingerprint density at radius 2 is 0.887 bits per heavy atom. The van der Waals surface area contributed by atoms with Gasteiger partial charge in [0.25, 0.3) is 0 Å². The molecule has 0 aliphatic carbocycles. The number of aromatic nitrogens is 12. The van der Waals surface area contributed by atoms with Crippen molar-refractivity contribution < 1.29 is 43.4 Å². The molecule has 9 rings (SSSR count). The lowest BCUT2D eigenvalue weighted by Crippen LogP contribution is -2.31. The van der Waals surface area contributed by atoms with E-state index < -0.39 is 12.3 Å². The summed E-state index contributed by atoms with van der Waals surface area (Å²) in [6.07, 6.45) is 10.1. The topological polar surface area (TPSA) is 314 Å². The number of nitrogen functional groups attached to an aromatic ring is 3. The molecule has 3 saturated heterocycles. The highest BCUT2D eigenvalue weighted by atomic mass is 32.1. The lowest BCUT2D eigenvalue weighted by Gasteiger charge is -2.19. The van der Waals surface area contributed by atoms with Crippen LogP contribution in [0.4, 0.5) is 17.5 Å². The second kappa shape index (κ2) is 41.9. The number of nitrogens with two attached hydrogens (primary N) is 3. The zero-order chi connectivity index (χ0) is 58.5. The molecule has 3 aliphatic heterocycles. The molecule has 8 N–H and O–H groups in total. The Bertz CT molecular complexity index is 2420. The summed E-state index contributed by atoms with van der Waals surface area (Å²) in [7, 11) is 7.67. The van der Waals surface area contributed by atoms with E-state index in [0.29, 0.717) is 70.6 Å². The maximum absolute atomic E-state index is 10.1. The Kier molecular flexibility index (Phi) is 41.5. The SMILES string of the molecule is C.C.C.C=S.C=S.C=S.CC(C)C.CC(C)C.CCCC1OC(n2cnc3c(N)ncnc32)C(C)C1OC.CO.COCC1CC(O)C(n2cnc3c(N)ncnc32)O1.COCC1OC(n2cnc3c(N)ncnc32)C(C)C1OC. The zero-order valence-electron chi connectivity index (χ0n) is 47.2. The molecular formula is C53H97N15O9S3. The van der Waals surface area contributed by atoms with Crippen LogP contribution < -0.4 is 17.2 Å². The summed E-state index contributed by atoms with van der Waals surface area (Å²) in [6.45, 7) is 20.3. The fourth-order valence-corrected chi connectivity index (χ4v) is 8.39. The van der Waals surface area contributed by atoms with Gasteiger partial charge in [-0.15, -0.1) is 0 Å². The molecule has 0 bridgehead atoms. The van der Waals surface area contributed by atoms with E-state index in [1.807, 2.05) is 9.13 Å². The summed E-state index contributed by atoms with van der Waals surface area (Å²) in [5.41, 5.74) is 21.0. The number of nitrogens with zero attached hydrogens (tertiary/aromatic N) is 12. The molecule has 11 atom stereocenters. The quantitative estimate of drug-likeness (QED) is 0.0757. The lowest BCUT2D eigenvalue weighted by atomic mass is 9.99. The molecule has 3 aliphatic rings. The highest BCUT2D eigenvalue weighted by molar-refractivity contribution is 7.77. The van der Waals surface area contributed by atoms with Crippen LogP contribution in [0.25, 0.3) is 33.5 Å². The fraction of sp³-hybridized carbons (Fsp3) is 0.660. The van der Waals surface area contributed by atoms with Gasteiger partial charge < -0.3 is 60.6 Å². The molecule has 6 aromatic rings. The highest BCUT2D eigenvalue weighted by Gasteiger charge is 2.45. The molecule has 3 fully saturated rings. The van der Waals surface area contributed by atoms with Crippen LogP contribution in [0.5, 0.6) is 0 Å². The second-order valence-corrected chi connectivity index (χ2v) is 18.6. The van der Waals surface area contributed by atoms with E-state index in [9.17, 15) is 5.11 Å². The largest absolute Gasteiger partial charge is 0.400 e. The van der Waals surface area contributed by atoms with Gasteiger partial charge in [-0.05, 0) is 35.9 Å². The number of aliphatic hydroxyl groups excluding tert-OH is 2. The maximum Gasteiger partial charge on any atom is 0.167 e. The second-order valence-electron chi connectivity index (χ2n) is 18.6. The van der Waals surface area contributed by atoms with Crippen molar-refractivity contribution in [1.29, 1.82) is 0 Å². The molecule has 0 aromatic carbocycles. The van der Waals surface area contributed by atoms with E-state index in [0.717, 1.165) is 31.8 Å². The molecule has 456 valence electrons. The standard InChI is InChI=1S/C14H21N5O2.C13H19N5O3.C11H15N5O3.2C4H10.CH4O.3CH2S.3CH4/c1-4-5-9-11(20-3)8(2)14(21-9)19-7-18-10-12(15)16-6-17-13(10)19;1-7-10(20-3)8(4-19-2)21-13(7)18-6-17-9-11(14)15-5-16-12(9)18;1-18-3-6-2-7(17)11(19-6)16-5-15-8-9(12)13-4-14-10(8)16;2*1-4(2)3;4*1-2;;;/h6-9,11,14H,4-5H2,1-3H3,(H2,15,16,17);5-8,10,13H,4H2,1-3H3,(H2,14,15,16);4-7,11,17H,2-3H2,1H3,(H2,12,13,14);2*4H,1-3H3;2H,1H3;3*1H2;3*1H4. The van der Waals surface area contributed by atoms with Gasteiger partial charge in [0.2, 0.25) is 0 Å². The summed E-state index contributed by atoms with van der Waals surface area (Å²) in [4.78, 5) is 37.2. The Balaban J connectivity index is -0.000000966. The minimum absolute atomic E-state index is 0. The van der Waals surface area contributed by atoms with E-state index in [1.54, 1.807) is 52.0 Å². The molecule has 24 nitrogen and oxygen atoms in total. The molecule has 9 heterocycles. The zero-order valence-corrected chi connectivity index (χ0v) is 49.7. The van der Waals surface area contributed by atoms with Crippen LogP contribution >= 0.6 is 36.7 Å². The van der Waals surface area contributed by atoms with Gasteiger partial charge in [-0.25, -0.2) is 44.9 Å². The first-order valence-electron chi connectivity index (χ1n) is 24.8. The van der Waals surface area contributed by atoms with E-state index in [1.165, 1.54) is 19.0 Å². The Hall–Kier alpha value is -5.04. The Labute approximate surface area is 491 Å². The Morgan fingerprint density at radius 3 is 1.21 bits per heavy atom. The van der Waals surface area contributed by atoms with E-state index in [2.05, 4.69) is 161 Å². The molecule has 80 heavy (non-hydrogen) atoms. The van der Waals surface area contributed by atoms with Gasteiger partial charge in [0.05, 0.1) is 56.6 Å². The van der Waals surface area contributed by atoms with Crippen molar-refractivity contribution in [1.82, 2.24) is 58.6 Å². The number of hydrogen-bond acceptors (Lipinski definition) is 24. The number of imidazole rings is 3. The van der Waals surface area contributed by atoms with Gasteiger partial charge in [0.1, 0.15) is 60.2 Å². The fourth-order valence-electron chi connectivity index (χ4n) is 8.39. The monoisotopic (exact) mass is 1180 g/mol. The van der Waals surface area contributed by atoms with E-state index in [4.69, 9.17) is 55.5 Å². The van der Waals surface area contributed by atoms with Crippen LogP contribution in [0.3, 0.4) is 0 Å². The number of fused-ring (bicyclic) bond motifs is 3. The minimum Gasteiger partial charge on any atom is -0.400 e. The van der Waals surface area contributed by atoms with Gasteiger partial charge in [0, 0.05) is 53.8 Å². The summed E-state index contributed by atoms with van der Waals surface area (Å²) < 4.78 is 45.0. The van der Waals surface area contributed by atoms with Crippen LogP contribution in [-0.2, 0) is 33.2 Å². The predicted molar refractivity (Wildman–Crippen MR) is 334 cm³/mol. The molecule has 0 radical (unpaired) electrons. The smallest absolute Gasteiger partial charge is 0.167 e. The Morgan fingerprint density at radius 1 is 0.562 bits per heavy atom. The molecular weight excluding hydrogens is 1090 g/mol. The van der Waals surface area contributed by atoms with Gasteiger partial charge in [-0.1, -0.05) is 128 Å². The normalized spacial score (nSPS) is 22.9. The highest BCUT2D eigenvalue weighted by Crippen LogP contribution is 2.40. The summed E-state index contributed by atoms with van der Waals surface area (Å²) >= 11 is 11.5. The number of methoxy groups -OCH3 is 4. The van der Waals surface area contributed by atoms with Crippen molar-refractivity contribution in [2.45, 2.75) is 159 Å². The number of hydrogen-bond donors (Lipinski definition) is 5.